The summed E-state index contributed by atoms with van der Waals surface area (Å²) in [5, 5.41) is 3.92. The van der Waals surface area contributed by atoms with Crippen molar-refractivity contribution < 1.29 is 4.52 Å². The van der Waals surface area contributed by atoms with Gasteiger partial charge < -0.3 is 0 Å². The summed E-state index contributed by atoms with van der Waals surface area (Å²) >= 11 is 0. The van der Waals surface area contributed by atoms with Gasteiger partial charge in [0.25, 0.3) is 0 Å². The fourth-order valence-corrected chi connectivity index (χ4v) is 2.92. The third-order valence-corrected chi connectivity index (χ3v) is 4.01. The number of pyridine rings is 1. The number of rotatable bonds is 4. The molecule has 0 aromatic carbocycles. The van der Waals surface area contributed by atoms with E-state index < -0.39 is 0 Å². The van der Waals surface area contributed by atoms with Crippen LogP contribution in [0.5, 0.6) is 0 Å². The van der Waals surface area contributed by atoms with E-state index in [-0.39, 0.29) is 5.76 Å². The van der Waals surface area contributed by atoms with Crippen LogP contribution < -0.4 is 5.76 Å². The fourth-order valence-electron chi connectivity index (χ4n) is 2.92. The predicted molar refractivity (Wildman–Crippen MR) is 74.4 cm³/mol. The molecule has 0 bridgehead atoms. The van der Waals surface area contributed by atoms with Gasteiger partial charge in [0.1, 0.15) is 0 Å². The van der Waals surface area contributed by atoms with E-state index in [0.717, 1.165) is 12.1 Å². The Morgan fingerprint density at radius 3 is 2.90 bits per heavy atom. The molecule has 1 aliphatic carbocycles. The Hall–Kier alpha value is -1.91. The maximum Gasteiger partial charge on any atom is 0.441 e. The molecule has 1 aliphatic rings. The first-order valence-electron chi connectivity index (χ1n) is 7.27. The molecule has 2 aromatic heterocycles. The van der Waals surface area contributed by atoms with Crippen LogP contribution in [0.3, 0.4) is 0 Å². The van der Waals surface area contributed by atoms with Crippen LogP contribution >= 0.6 is 0 Å². The first kappa shape index (κ1) is 13.1. The van der Waals surface area contributed by atoms with Crippen LogP contribution in [-0.2, 0) is 13.0 Å². The van der Waals surface area contributed by atoms with Gasteiger partial charge in [0.15, 0.2) is 5.82 Å². The van der Waals surface area contributed by atoms with Gasteiger partial charge in [-0.15, -0.1) is 0 Å². The van der Waals surface area contributed by atoms with Gasteiger partial charge in [-0.1, -0.05) is 30.5 Å². The number of hydrogen-bond acceptors (Lipinski definition) is 4. The zero-order chi connectivity index (χ0) is 13.8. The Balaban J connectivity index is 1.76. The molecule has 0 spiro atoms. The molecule has 0 atom stereocenters. The molecule has 0 unspecified atom stereocenters. The smallest absolute Gasteiger partial charge is 0.296 e. The summed E-state index contributed by atoms with van der Waals surface area (Å²) in [5.41, 5.74) is 1.04. The van der Waals surface area contributed by atoms with E-state index in [2.05, 4.69) is 10.1 Å². The molecule has 2 aromatic rings. The highest BCUT2D eigenvalue weighted by molar-refractivity contribution is 5.13. The zero-order valence-electron chi connectivity index (χ0n) is 11.5. The van der Waals surface area contributed by atoms with Crippen LogP contribution in [0.1, 0.15) is 43.5 Å². The molecular formula is C15H19N3O2. The molecule has 0 amide bonds. The van der Waals surface area contributed by atoms with Crippen molar-refractivity contribution >= 4 is 0 Å². The number of hydrogen-bond donors (Lipinski definition) is 0. The monoisotopic (exact) mass is 273 g/mol. The highest BCUT2D eigenvalue weighted by Gasteiger charge is 2.18. The largest absolute Gasteiger partial charge is 0.441 e. The van der Waals surface area contributed by atoms with E-state index in [4.69, 9.17) is 4.52 Å². The molecule has 0 radical (unpaired) electrons. The Morgan fingerprint density at radius 2 is 2.15 bits per heavy atom. The molecule has 0 aliphatic heterocycles. The maximum absolute atomic E-state index is 11.8. The van der Waals surface area contributed by atoms with Gasteiger partial charge in [-0.2, -0.15) is 0 Å². The third kappa shape index (κ3) is 2.98. The summed E-state index contributed by atoms with van der Waals surface area (Å²) in [6.45, 7) is 0.734. The minimum atomic E-state index is -0.338. The van der Waals surface area contributed by atoms with Crippen molar-refractivity contribution in [3.8, 4) is 0 Å². The molecule has 0 saturated heterocycles. The van der Waals surface area contributed by atoms with E-state index in [1.165, 1.54) is 32.1 Å². The Bertz CT molecular complexity index is 597. The SMILES string of the molecule is O=c1onc(Cc2cccnc2)n1CC1CCCCC1. The minimum absolute atomic E-state index is 0.338. The van der Waals surface area contributed by atoms with Crippen molar-refractivity contribution in [1.29, 1.82) is 0 Å². The molecule has 5 nitrogen and oxygen atoms in total. The van der Waals surface area contributed by atoms with Gasteiger partial charge in [-0.25, -0.2) is 4.79 Å². The van der Waals surface area contributed by atoms with Crippen LogP contribution in [0.2, 0.25) is 0 Å². The molecule has 2 heterocycles. The molecule has 1 saturated carbocycles. The van der Waals surface area contributed by atoms with Crippen LogP contribution in [0.15, 0.2) is 33.8 Å². The molecule has 3 rings (SSSR count). The third-order valence-electron chi connectivity index (χ3n) is 4.01. The van der Waals surface area contributed by atoms with Crippen molar-refractivity contribution in [3.63, 3.8) is 0 Å². The minimum Gasteiger partial charge on any atom is -0.296 e. The first-order chi connectivity index (χ1) is 9.83. The van der Waals surface area contributed by atoms with E-state index in [0.29, 0.717) is 18.2 Å². The van der Waals surface area contributed by atoms with Crippen molar-refractivity contribution in [2.75, 3.05) is 0 Å². The molecule has 106 valence electrons. The normalized spacial score (nSPS) is 16.4. The second-order valence-electron chi connectivity index (χ2n) is 5.52. The molecule has 5 heteroatoms. The van der Waals surface area contributed by atoms with Crippen molar-refractivity contribution in [3.05, 3.63) is 46.5 Å². The lowest BCUT2D eigenvalue weighted by molar-refractivity contribution is 0.303. The van der Waals surface area contributed by atoms with Crippen LogP contribution in [0.4, 0.5) is 0 Å². The van der Waals surface area contributed by atoms with Crippen molar-refractivity contribution in [2.45, 2.75) is 45.1 Å². The van der Waals surface area contributed by atoms with Crippen LogP contribution in [0, 0.1) is 5.92 Å². The van der Waals surface area contributed by atoms with Crippen LogP contribution in [-0.4, -0.2) is 14.7 Å². The first-order valence-corrected chi connectivity index (χ1v) is 7.27. The average molecular weight is 273 g/mol. The Morgan fingerprint density at radius 1 is 1.30 bits per heavy atom. The molecule has 0 N–H and O–H groups in total. The van der Waals surface area contributed by atoms with Gasteiger partial charge in [0, 0.05) is 25.4 Å². The highest BCUT2D eigenvalue weighted by Crippen LogP contribution is 2.25. The Kier molecular flexibility index (Phi) is 3.95. The van der Waals surface area contributed by atoms with Gasteiger partial charge in [-0.05, 0) is 30.4 Å². The maximum atomic E-state index is 11.8. The standard InChI is InChI=1S/C15H19N3O2/c19-15-18(11-12-5-2-1-3-6-12)14(17-20-15)9-13-7-4-8-16-10-13/h4,7-8,10,12H,1-3,5-6,9,11H2. The van der Waals surface area contributed by atoms with Gasteiger partial charge >= 0.3 is 5.76 Å². The second kappa shape index (κ2) is 6.03. The lowest BCUT2D eigenvalue weighted by Crippen LogP contribution is -2.23. The Labute approximate surface area is 117 Å². The second-order valence-corrected chi connectivity index (χ2v) is 5.52. The van der Waals surface area contributed by atoms with Crippen LogP contribution in [0.25, 0.3) is 0 Å². The van der Waals surface area contributed by atoms with Crippen molar-refractivity contribution in [2.24, 2.45) is 5.92 Å². The summed E-state index contributed by atoms with van der Waals surface area (Å²) in [6, 6.07) is 3.87. The summed E-state index contributed by atoms with van der Waals surface area (Å²) < 4.78 is 6.54. The summed E-state index contributed by atoms with van der Waals surface area (Å²) in [4.78, 5) is 15.9. The number of nitrogens with zero attached hydrogens (tertiary/aromatic N) is 3. The highest BCUT2D eigenvalue weighted by atomic mass is 16.5. The summed E-state index contributed by atoms with van der Waals surface area (Å²) in [6.07, 6.45) is 10.4. The lowest BCUT2D eigenvalue weighted by Gasteiger charge is -2.21. The quantitative estimate of drug-likeness (QED) is 0.858. The van der Waals surface area contributed by atoms with Gasteiger partial charge in [0.05, 0.1) is 0 Å². The molecule has 1 fully saturated rings. The fraction of sp³-hybridized carbons (Fsp3) is 0.533. The van der Waals surface area contributed by atoms with Crippen molar-refractivity contribution in [1.82, 2.24) is 14.7 Å². The van der Waals surface area contributed by atoms with E-state index in [1.807, 2.05) is 12.1 Å². The average Bonchev–Trinajstić information content (AvgIpc) is 2.83. The van der Waals surface area contributed by atoms with E-state index in [1.54, 1.807) is 17.0 Å². The van der Waals surface area contributed by atoms with E-state index in [9.17, 15) is 4.79 Å². The van der Waals surface area contributed by atoms with Gasteiger partial charge in [-0.3, -0.25) is 14.1 Å². The predicted octanol–water partition coefficient (Wildman–Crippen LogP) is 2.40. The topological polar surface area (TPSA) is 60.9 Å². The summed E-state index contributed by atoms with van der Waals surface area (Å²) in [5.74, 6) is 0.941. The zero-order valence-corrected chi connectivity index (χ0v) is 11.5. The van der Waals surface area contributed by atoms with Gasteiger partial charge in [0.2, 0.25) is 0 Å². The van der Waals surface area contributed by atoms with E-state index >= 15 is 0 Å². The lowest BCUT2D eigenvalue weighted by atomic mass is 9.89. The number of aromatic nitrogens is 3. The molecule has 20 heavy (non-hydrogen) atoms. The summed E-state index contributed by atoms with van der Waals surface area (Å²) in [7, 11) is 0. The molecular weight excluding hydrogens is 254 g/mol.